The number of nitrogens with zero attached hydrogens (tertiary/aromatic N) is 2. The summed E-state index contributed by atoms with van der Waals surface area (Å²) in [6.07, 6.45) is 4.22. The van der Waals surface area contributed by atoms with Gasteiger partial charge >= 0.3 is 5.97 Å². The minimum Gasteiger partial charge on any atom is -0.478 e. The molecule has 20 heavy (non-hydrogen) atoms. The molecule has 0 aliphatic heterocycles. The van der Waals surface area contributed by atoms with E-state index >= 15 is 0 Å². The van der Waals surface area contributed by atoms with Crippen LogP contribution in [0.2, 0.25) is 0 Å². The van der Waals surface area contributed by atoms with E-state index in [4.69, 9.17) is 5.11 Å². The number of aromatic nitrogens is 2. The van der Waals surface area contributed by atoms with E-state index in [9.17, 15) is 4.79 Å². The summed E-state index contributed by atoms with van der Waals surface area (Å²) >= 11 is 1.56. The third-order valence-electron chi connectivity index (χ3n) is 2.74. The molecule has 0 fully saturated rings. The van der Waals surface area contributed by atoms with Crippen LogP contribution in [0.25, 0.3) is 0 Å². The molecule has 0 bridgehead atoms. The first kappa shape index (κ1) is 14.3. The smallest absolute Gasteiger partial charge is 0.335 e. The van der Waals surface area contributed by atoms with Gasteiger partial charge in [0.2, 0.25) is 0 Å². The molecule has 104 valence electrons. The largest absolute Gasteiger partial charge is 0.478 e. The Kier molecular flexibility index (Phi) is 4.95. The standard InChI is InChI=1S/C14H15N3O2S/c1-20-13-8-12(16-9-17-13)15-6-5-10-3-2-4-11(7-10)14(18)19/h2-4,7-9H,5-6H2,1H3,(H,18,19)(H,15,16,17). The van der Waals surface area contributed by atoms with Gasteiger partial charge in [0.25, 0.3) is 0 Å². The van der Waals surface area contributed by atoms with E-state index in [1.54, 1.807) is 30.0 Å². The summed E-state index contributed by atoms with van der Waals surface area (Å²) in [5.74, 6) is -0.126. The maximum Gasteiger partial charge on any atom is 0.335 e. The van der Waals surface area contributed by atoms with E-state index in [-0.39, 0.29) is 0 Å². The van der Waals surface area contributed by atoms with Gasteiger partial charge in [-0.1, -0.05) is 12.1 Å². The number of rotatable bonds is 6. The summed E-state index contributed by atoms with van der Waals surface area (Å²) in [6, 6.07) is 8.85. The average molecular weight is 289 g/mol. The molecule has 0 saturated heterocycles. The van der Waals surface area contributed by atoms with Crippen LogP contribution in [0.1, 0.15) is 15.9 Å². The molecule has 1 aromatic carbocycles. The fraction of sp³-hybridized carbons (Fsp3) is 0.214. The number of thioether (sulfide) groups is 1. The van der Waals surface area contributed by atoms with Gasteiger partial charge in [0.05, 0.1) is 5.56 Å². The molecule has 6 heteroatoms. The number of carbonyl (C=O) groups is 1. The van der Waals surface area contributed by atoms with Crippen LogP contribution in [0.3, 0.4) is 0 Å². The molecule has 5 nitrogen and oxygen atoms in total. The molecule has 2 N–H and O–H groups in total. The van der Waals surface area contributed by atoms with Crippen molar-refractivity contribution < 1.29 is 9.90 Å². The zero-order chi connectivity index (χ0) is 14.4. The Bertz CT molecular complexity index is 604. The summed E-state index contributed by atoms with van der Waals surface area (Å²) in [4.78, 5) is 19.1. The van der Waals surface area contributed by atoms with Gasteiger partial charge < -0.3 is 10.4 Å². The number of hydrogen-bond donors (Lipinski definition) is 2. The summed E-state index contributed by atoms with van der Waals surface area (Å²) < 4.78 is 0. The zero-order valence-electron chi connectivity index (χ0n) is 11.0. The van der Waals surface area contributed by atoms with Crippen molar-refractivity contribution in [3.63, 3.8) is 0 Å². The number of carboxylic acids is 1. The van der Waals surface area contributed by atoms with E-state index < -0.39 is 5.97 Å². The van der Waals surface area contributed by atoms with Crippen LogP contribution in [0, 0.1) is 0 Å². The Labute approximate surface area is 121 Å². The molecule has 0 radical (unpaired) electrons. The highest BCUT2D eigenvalue weighted by molar-refractivity contribution is 7.98. The Hall–Kier alpha value is -2.08. The van der Waals surface area contributed by atoms with E-state index in [1.165, 1.54) is 6.33 Å². The summed E-state index contributed by atoms with van der Waals surface area (Å²) in [7, 11) is 0. The highest BCUT2D eigenvalue weighted by atomic mass is 32.2. The highest BCUT2D eigenvalue weighted by Crippen LogP contribution is 2.13. The Morgan fingerprint density at radius 1 is 1.35 bits per heavy atom. The summed E-state index contributed by atoms with van der Waals surface area (Å²) in [5, 5.41) is 13.1. The van der Waals surface area contributed by atoms with Gasteiger partial charge in [-0.2, -0.15) is 0 Å². The first-order chi connectivity index (χ1) is 9.69. The molecule has 0 amide bonds. The van der Waals surface area contributed by atoms with Gasteiger partial charge in [-0.25, -0.2) is 14.8 Å². The maximum absolute atomic E-state index is 10.9. The second-order valence-corrected chi connectivity index (χ2v) is 4.95. The fourth-order valence-corrected chi connectivity index (χ4v) is 2.12. The minimum absolute atomic E-state index is 0.314. The number of nitrogens with one attached hydrogen (secondary N) is 1. The zero-order valence-corrected chi connectivity index (χ0v) is 11.9. The van der Waals surface area contributed by atoms with Crippen LogP contribution >= 0.6 is 11.8 Å². The number of hydrogen-bond acceptors (Lipinski definition) is 5. The topological polar surface area (TPSA) is 75.1 Å². The second kappa shape index (κ2) is 6.91. The molecule has 0 spiro atoms. The van der Waals surface area contributed by atoms with E-state index in [0.717, 1.165) is 22.8 Å². The van der Waals surface area contributed by atoms with Crippen molar-refractivity contribution in [2.45, 2.75) is 11.4 Å². The molecule has 2 aromatic rings. The number of aromatic carboxylic acids is 1. The van der Waals surface area contributed by atoms with Crippen LogP contribution in [0.4, 0.5) is 5.82 Å². The lowest BCUT2D eigenvalue weighted by molar-refractivity contribution is 0.0697. The van der Waals surface area contributed by atoms with Crippen molar-refractivity contribution in [3.8, 4) is 0 Å². The van der Waals surface area contributed by atoms with Crippen molar-refractivity contribution >= 4 is 23.5 Å². The second-order valence-electron chi connectivity index (χ2n) is 4.13. The first-order valence-corrected chi connectivity index (χ1v) is 7.33. The SMILES string of the molecule is CSc1cc(NCCc2cccc(C(=O)O)c2)ncn1. The molecule has 1 aromatic heterocycles. The molecular weight excluding hydrogens is 274 g/mol. The molecule has 1 heterocycles. The van der Waals surface area contributed by atoms with Gasteiger partial charge in [-0.15, -0.1) is 11.8 Å². The van der Waals surface area contributed by atoms with Crippen LogP contribution in [0.5, 0.6) is 0 Å². The number of benzene rings is 1. The van der Waals surface area contributed by atoms with Crippen molar-refractivity contribution in [1.82, 2.24) is 9.97 Å². The third kappa shape index (κ3) is 3.96. The van der Waals surface area contributed by atoms with Gasteiger partial charge in [-0.05, 0) is 30.4 Å². The summed E-state index contributed by atoms with van der Waals surface area (Å²) in [5.41, 5.74) is 1.30. The van der Waals surface area contributed by atoms with E-state index in [0.29, 0.717) is 12.1 Å². The average Bonchev–Trinajstić information content (AvgIpc) is 2.48. The van der Waals surface area contributed by atoms with Gasteiger partial charge in [0.15, 0.2) is 0 Å². The predicted molar refractivity (Wildman–Crippen MR) is 79.4 cm³/mol. The van der Waals surface area contributed by atoms with E-state index in [1.807, 2.05) is 18.4 Å². The normalized spacial score (nSPS) is 10.2. The lowest BCUT2D eigenvalue weighted by Gasteiger charge is -2.06. The molecule has 0 aliphatic rings. The number of carboxylic acid groups (broad SMARTS) is 1. The molecular formula is C14H15N3O2S. The Morgan fingerprint density at radius 3 is 2.95 bits per heavy atom. The van der Waals surface area contributed by atoms with Crippen LogP contribution < -0.4 is 5.32 Å². The molecule has 2 rings (SSSR count). The molecule has 0 atom stereocenters. The summed E-state index contributed by atoms with van der Waals surface area (Å²) in [6.45, 7) is 0.688. The minimum atomic E-state index is -0.903. The van der Waals surface area contributed by atoms with Crippen molar-refractivity contribution in [3.05, 3.63) is 47.8 Å². The maximum atomic E-state index is 10.9. The van der Waals surface area contributed by atoms with Gasteiger partial charge in [0.1, 0.15) is 17.2 Å². The van der Waals surface area contributed by atoms with Crippen molar-refractivity contribution in [2.24, 2.45) is 0 Å². The van der Waals surface area contributed by atoms with Gasteiger partial charge in [0, 0.05) is 12.6 Å². The predicted octanol–water partition coefficient (Wildman–Crippen LogP) is 2.55. The quantitative estimate of drug-likeness (QED) is 0.629. The van der Waals surface area contributed by atoms with Crippen LogP contribution in [0.15, 0.2) is 41.7 Å². The fourth-order valence-electron chi connectivity index (χ4n) is 1.74. The lowest BCUT2D eigenvalue weighted by Crippen LogP contribution is -2.07. The molecule has 0 saturated carbocycles. The van der Waals surface area contributed by atoms with Crippen LogP contribution in [-0.4, -0.2) is 33.8 Å². The molecule has 0 unspecified atom stereocenters. The molecule has 0 aliphatic carbocycles. The van der Waals surface area contributed by atoms with Crippen molar-refractivity contribution in [2.75, 3.05) is 18.1 Å². The third-order valence-corrected chi connectivity index (χ3v) is 3.39. The van der Waals surface area contributed by atoms with E-state index in [2.05, 4.69) is 15.3 Å². The Balaban J connectivity index is 1.92. The lowest BCUT2D eigenvalue weighted by atomic mass is 10.1. The highest BCUT2D eigenvalue weighted by Gasteiger charge is 2.03. The number of anilines is 1. The first-order valence-electron chi connectivity index (χ1n) is 6.11. The van der Waals surface area contributed by atoms with Crippen LogP contribution in [-0.2, 0) is 6.42 Å². The Morgan fingerprint density at radius 2 is 2.20 bits per heavy atom. The van der Waals surface area contributed by atoms with Gasteiger partial charge in [-0.3, -0.25) is 0 Å². The van der Waals surface area contributed by atoms with Crippen molar-refractivity contribution in [1.29, 1.82) is 0 Å². The monoisotopic (exact) mass is 289 g/mol.